The second-order valence-electron chi connectivity index (χ2n) is 18.2. The Hall–Kier alpha value is -5.60. The molecule has 2 heteroatoms. The zero-order valence-corrected chi connectivity index (χ0v) is 37.5. The minimum absolute atomic E-state index is 0.000432. The molecule has 310 valence electrons. The third-order valence-corrected chi connectivity index (χ3v) is 13.3. The van der Waals surface area contributed by atoms with Crippen molar-refractivity contribution in [3.8, 4) is 22.3 Å². The zero-order chi connectivity index (χ0) is 42.3. The van der Waals surface area contributed by atoms with E-state index in [1.165, 1.54) is 114 Å². The van der Waals surface area contributed by atoms with E-state index in [0.29, 0.717) is 11.8 Å². The number of hydrogen-bond acceptors (Lipinski definition) is 2. The first-order valence-corrected chi connectivity index (χ1v) is 23.3. The summed E-state index contributed by atoms with van der Waals surface area (Å²) in [6, 6.07) is 45.2. The summed E-state index contributed by atoms with van der Waals surface area (Å²) in [5.74, 6) is 0.817. The number of fused-ring (bicyclic) bond motifs is 5. The van der Waals surface area contributed by atoms with Crippen molar-refractivity contribution < 1.29 is 0 Å². The Bertz CT molecular complexity index is 2680. The summed E-state index contributed by atoms with van der Waals surface area (Å²) in [6.07, 6.45) is 21.6. The molecule has 0 aliphatic heterocycles. The van der Waals surface area contributed by atoms with Crippen LogP contribution >= 0.6 is 0 Å². The van der Waals surface area contributed by atoms with Crippen molar-refractivity contribution in [2.75, 3.05) is 0 Å². The molecular weight excluding hydrogens is 737 g/mol. The van der Waals surface area contributed by atoms with Gasteiger partial charge in [-0.15, -0.1) is 0 Å². The first-order valence-electron chi connectivity index (χ1n) is 23.3. The van der Waals surface area contributed by atoms with E-state index in [2.05, 4.69) is 187 Å². The molecule has 0 saturated carbocycles. The number of aromatic nitrogens is 2. The largest absolute Gasteiger partial charge is 0.248 e. The molecule has 0 bridgehead atoms. The van der Waals surface area contributed by atoms with E-state index in [9.17, 15) is 0 Å². The maximum absolute atomic E-state index is 5.04. The molecule has 0 radical (unpaired) electrons. The molecule has 2 nitrogen and oxygen atoms in total. The molecule has 2 heterocycles. The molecule has 61 heavy (non-hydrogen) atoms. The average molecular weight is 801 g/mol. The third kappa shape index (κ3) is 9.06. The van der Waals surface area contributed by atoms with E-state index >= 15 is 0 Å². The molecule has 7 aromatic rings. The van der Waals surface area contributed by atoms with Gasteiger partial charge in [-0.1, -0.05) is 190 Å². The van der Waals surface area contributed by atoms with E-state index in [1.807, 2.05) is 0 Å². The topological polar surface area (TPSA) is 25.8 Å². The van der Waals surface area contributed by atoms with Crippen LogP contribution in [0.15, 0.2) is 121 Å². The summed E-state index contributed by atoms with van der Waals surface area (Å²) < 4.78 is 0. The molecule has 0 fully saturated rings. The van der Waals surface area contributed by atoms with Gasteiger partial charge in [0.1, 0.15) is 0 Å². The average Bonchev–Trinajstić information content (AvgIpc) is 3.55. The lowest BCUT2D eigenvalue weighted by atomic mass is 9.69. The molecule has 0 amide bonds. The van der Waals surface area contributed by atoms with Gasteiger partial charge in [-0.3, -0.25) is 0 Å². The van der Waals surface area contributed by atoms with E-state index in [4.69, 9.17) is 9.97 Å². The van der Waals surface area contributed by atoms with E-state index in [-0.39, 0.29) is 5.41 Å². The summed E-state index contributed by atoms with van der Waals surface area (Å²) in [5, 5.41) is 2.32. The fourth-order valence-electron chi connectivity index (χ4n) is 9.79. The minimum Gasteiger partial charge on any atom is -0.248 e. The fraction of sp³-hybridized carbons (Fsp3) is 0.322. The molecular formula is C59H64N2. The number of unbranched alkanes of at least 4 members (excludes halogenated alkanes) is 6. The molecule has 8 rings (SSSR count). The predicted molar refractivity (Wildman–Crippen MR) is 265 cm³/mol. The zero-order valence-electron chi connectivity index (χ0n) is 37.5. The van der Waals surface area contributed by atoms with Gasteiger partial charge in [0.15, 0.2) is 0 Å². The molecule has 5 aromatic carbocycles. The van der Waals surface area contributed by atoms with Gasteiger partial charge in [-0.25, -0.2) is 9.97 Å². The Morgan fingerprint density at radius 2 is 1.03 bits per heavy atom. The van der Waals surface area contributed by atoms with Crippen LogP contribution in [0.4, 0.5) is 0 Å². The molecule has 1 aliphatic carbocycles. The van der Waals surface area contributed by atoms with Crippen molar-refractivity contribution in [1.82, 2.24) is 9.97 Å². The highest BCUT2D eigenvalue weighted by Gasteiger charge is 2.42. The molecule has 2 aromatic heterocycles. The second kappa shape index (κ2) is 19.0. The fourth-order valence-corrected chi connectivity index (χ4v) is 9.79. The van der Waals surface area contributed by atoms with Crippen LogP contribution in [0, 0.1) is 0 Å². The number of benzene rings is 5. The van der Waals surface area contributed by atoms with Crippen molar-refractivity contribution in [3.05, 3.63) is 166 Å². The van der Waals surface area contributed by atoms with Crippen LogP contribution in [-0.2, 0) is 5.41 Å². The van der Waals surface area contributed by atoms with Crippen molar-refractivity contribution in [1.29, 1.82) is 0 Å². The number of nitrogens with zero attached hydrogens (tertiary/aromatic N) is 2. The third-order valence-electron chi connectivity index (χ3n) is 13.3. The first-order chi connectivity index (χ1) is 29.8. The van der Waals surface area contributed by atoms with Crippen molar-refractivity contribution >= 4 is 46.1 Å². The Balaban J connectivity index is 1.30. The lowest BCUT2D eigenvalue weighted by Crippen LogP contribution is -2.26. The maximum atomic E-state index is 5.04. The monoisotopic (exact) mass is 801 g/mol. The summed E-state index contributed by atoms with van der Waals surface area (Å²) >= 11 is 0. The van der Waals surface area contributed by atoms with Crippen LogP contribution in [0.1, 0.15) is 162 Å². The van der Waals surface area contributed by atoms with Gasteiger partial charge in [0.05, 0.1) is 22.4 Å². The Kier molecular flexibility index (Phi) is 13.1. The van der Waals surface area contributed by atoms with Crippen molar-refractivity contribution in [2.24, 2.45) is 0 Å². The number of para-hydroxylation sites is 2. The maximum Gasteiger partial charge on any atom is 0.0709 e. The Morgan fingerprint density at radius 3 is 1.61 bits per heavy atom. The van der Waals surface area contributed by atoms with Gasteiger partial charge in [0.2, 0.25) is 0 Å². The summed E-state index contributed by atoms with van der Waals surface area (Å²) in [6.45, 7) is 14.0. The minimum atomic E-state index is 0.000432. The number of rotatable bonds is 17. The smallest absolute Gasteiger partial charge is 0.0709 e. The van der Waals surface area contributed by atoms with E-state index in [0.717, 1.165) is 33.2 Å². The second-order valence-corrected chi connectivity index (χ2v) is 18.2. The quantitative estimate of drug-likeness (QED) is 0.0858. The summed E-state index contributed by atoms with van der Waals surface area (Å²) in [4.78, 5) is 10.0. The van der Waals surface area contributed by atoms with Gasteiger partial charge < -0.3 is 0 Å². The summed E-state index contributed by atoms with van der Waals surface area (Å²) in [7, 11) is 0. The summed E-state index contributed by atoms with van der Waals surface area (Å²) in [5.41, 5.74) is 17.7. The highest BCUT2D eigenvalue weighted by Crippen LogP contribution is 2.56. The van der Waals surface area contributed by atoms with Crippen LogP contribution in [0.25, 0.3) is 68.4 Å². The molecule has 1 aliphatic rings. The van der Waals surface area contributed by atoms with Crippen LogP contribution in [0.5, 0.6) is 0 Å². The highest BCUT2D eigenvalue weighted by atomic mass is 14.7. The van der Waals surface area contributed by atoms with Crippen LogP contribution < -0.4 is 0 Å². The highest BCUT2D eigenvalue weighted by molar-refractivity contribution is 5.90. The standard InChI is InChI=1S/C59H64N2/c1-7-9-11-17-35-59(36-18-12-10-8-2)55-39-45(41(3)4)27-33-51(55)52-34-28-48(40-56(52)59)54-38-46(25-31-49-29-23-43-19-13-15-21-57(43)60-49)53(42(5)6)37-47(54)26-32-50-30-24-44-20-14-16-22-58(44)61-50/h13-16,19-34,37-42H,7-12,17-18,35-36H2,1-6H3/b31-25+,32-26+. The molecule has 0 spiro atoms. The first kappa shape index (κ1) is 42.1. The Labute approximate surface area is 365 Å². The lowest BCUT2D eigenvalue weighted by molar-refractivity contribution is 0.400. The lowest BCUT2D eigenvalue weighted by Gasteiger charge is -2.34. The molecule has 0 atom stereocenters. The van der Waals surface area contributed by atoms with Gasteiger partial charge in [0, 0.05) is 16.2 Å². The van der Waals surface area contributed by atoms with Gasteiger partial charge in [-0.2, -0.15) is 0 Å². The van der Waals surface area contributed by atoms with E-state index < -0.39 is 0 Å². The van der Waals surface area contributed by atoms with Crippen LogP contribution in [0.3, 0.4) is 0 Å². The number of pyridine rings is 2. The normalized spacial score (nSPS) is 13.4. The van der Waals surface area contributed by atoms with E-state index in [1.54, 1.807) is 5.56 Å². The SMILES string of the molecule is CCCCCCC1(CCCCCC)c2cc(-c3cc(/C=C/c4ccc5ccccc5n4)c(C(C)C)cc3/C=C/c3ccc4ccccc4n3)ccc2-c2ccc(C(C)C)cc21. The van der Waals surface area contributed by atoms with Crippen LogP contribution in [-0.4, -0.2) is 9.97 Å². The molecule has 0 unspecified atom stereocenters. The van der Waals surface area contributed by atoms with Gasteiger partial charge in [-0.05, 0) is 129 Å². The molecule has 0 saturated heterocycles. The van der Waals surface area contributed by atoms with Crippen molar-refractivity contribution in [2.45, 2.75) is 123 Å². The van der Waals surface area contributed by atoms with Gasteiger partial charge in [0.25, 0.3) is 0 Å². The van der Waals surface area contributed by atoms with Gasteiger partial charge >= 0.3 is 0 Å². The van der Waals surface area contributed by atoms with Crippen molar-refractivity contribution in [3.63, 3.8) is 0 Å². The number of hydrogen-bond donors (Lipinski definition) is 0. The molecule has 0 N–H and O–H groups in total. The Morgan fingerprint density at radius 1 is 0.475 bits per heavy atom. The van der Waals surface area contributed by atoms with Crippen LogP contribution in [0.2, 0.25) is 0 Å². The predicted octanol–water partition coefficient (Wildman–Crippen LogP) is 17.2.